The van der Waals surface area contributed by atoms with Gasteiger partial charge in [0.2, 0.25) is 0 Å². The van der Waals surface area contributed by atoms with Gasteiger partial charge < -0.3 is 9.80 Å². The van der Waals surface area contributed by atoms with Crippen molar-refractivity contribution in [2.75, 3.05) is 23.9 Å². The summed E-state index contributed by atoms with van der Waals surface area (Å²) in [5, 5.41) is 1.18. The number of nitrogens with zero attached hydrogens (tertiary/aromatic N) is 2. The zero-order valence-electron chi connectivity index (χ0n) is 10.8. The lowest BCUT2D eigenvalue weighted by Crippen LogP contribution is -2.30. The van der Waals surface area contributed by atoms with Crippen molar-refractivity contribution < 1.29 is 0 Å². The molecule has 0 saturated carbocycles. The van der Waals surface area contributed by atoms with Gasteiger partial charge in [0.1, 0.15) is 6.17 Å². The highest BCUT2D eigenvalue weighted by molar-refractivity contribution is 6.42. The second kappa shape index (κ2) is 4.62. The largest absolute Gasteiger partial charge is 0.349 e. The molecule has 1 aliphatic heterocycles. The van der Waals surface area contributed by atoms with Gasteiger partial charge in [-0.1, -0.05) is 53.5 Å². The van der Waals surface area contributed by atoms with Crippen LogP contribution in [0, 0.1) is 0 Å². The third kappa shape index (κ3) is 1.96. The van der Waals surface area contributed by atoms with E-state index in [0.29, 0.717) is 10.0 Å². The van der Waals surface area contributed by atoms with E-state index >= 15 is 0 Å². The van der Waals surface area contributed by atoms with Crippen LogP contribution in [0.3, 0.4) is 0 Å². The summed E-state index contributed by atoms with van der Waals surface area (Å²) in [5.74, 6) is 0. The molecule has 3 rings (SSSR count). The van der Waals surface area contributed by atoms with E-state index < -0.39 is 0 Å². The summed E-state index contributed by atoms with van der Waals surface area (Å²) in [6, 6.07) is 14.3. The molecule has 0 fully saturated rings. The third-order valence-corrected chi connectivity index (χ3v) is 4.33. The van der Waals surface area contributed by atoms with Crippen molar-refractivity contribution in [3.8, 4) is 0 Å². The zero-order chi connectivity index (χ0) is 13.6. The Morgan fingerprint density at radius 1 is 0.842 bits per heavy atom. The minimum absolute atomic E-state index is 0.172. The molecule has 0 atom stereocenters. The molecule has 2 nitrogen and oxygen atoms in total. The molecule has 19 heavy (non-hydrogen) atoms. The highest BCUT2D eigenvalue weighted by Gasteiger charge is 2.32. The number of halogens is 2. The Morgan fingerprint density at radius 2 is 1.32 bits per heavy atom. The van der Waals surface area contributed by atoms with Gasteiger partial charge in [0.05, 0.1) is 21.4 Å². The maximum Gasteiger partial charge on any atom is 0.128 e. The Morgan fingerprint density at radius 3 is 1.79 bits per heavy atom. The monoisotopic (exact) mass is 292 g/mol. The predicted octanol–water partition coefficient (Wildman–Crippen LogP) is 4.58. The van der Waals surface area contributed by atoms with Crippen molar-refractivity contribution in [3.05, 3.63) is 58.1 Å². The van der Waals surface area contributed by atoms with Crippen molar-refractivity contribution in [3.63, 3.8) is 0 Å². The van der Waals surface area contributed by atoms with Crippen LogP contribution in [-0.2, 0) is 0 Å². The molecule has 1 heterocycles. The SMILES string of the molecule is CN1c2cc(Cl)c(Cl)cc2N(C)C1c1ccccc1. The molecule has 98 valence electrons. The Hall–Kier alpha value is -1.38. The number of rotatable bonds is 1. The molecule has 0 N–H and O–H groups in total. The fraction of sp³-hybridized carbons (Fsp3) is 0.200. The standard InChI is InChI=1S/C15H14Cl2N2/c1-18-13-8-11(16)12(17)9-14(13)19(2)15(18)10-6-4-3-5-7-10/h3-9,15H,1-2H3. The summed E-state index contributed by atoms with van der Waals surface area (Å²) in [7, 11) is 4.15. The van der Waals surface area contributed by atoms with E-state index in [2.05, 4.69) is 48.2 Å². The van der Waals surface area contributed by atoms with Crippen LogP contribution in [0.2, 0.25) is 10.0 Å². The second-order valence-corrected chi connectivity index (χ2v) is 5.58. The average molecular weight is 293 g/mol. The molecule has 4 heteroatoms. The van der Waals surface area contributed by atoms with Crippen molar-refractivity contribution >= 4 is 34.6 Å². The minimum Gasteiger partial charge on any atom is -0.349 e. The molecular formula is C15H14Cl2N2. The van der Waals surface area contributed by atoms with Gasteiger partial charge in [-0.2, -0.15) is 0 Å². The molecule has 0 aromatic heterocycles. The molecule has 0 aliphatic carbocycles. The first-order valence-corrected chi connectivity index (χ1v) is 6.85. The first-order valence-electron chi connectivity index (χ1n) is 6.09. The van der Waals surface area contributed by atoms with Crippen LogP contribution in [0.4, 0.5) is 11.4 Å². The first kappa shape index (κ1) is 12.6. The summed E-state index contributed by atoms with van der Waals surface area (Å²) in [6.45, 7) is 0. The summed E-state index contributed by atoms with van der Waals surface area (Å²) in [6.07, 6.45) is 0.172. The van der Waals surface area contributed by atoms with Crippen molar-refractivity contribution in [1.29, 1.82) is 0 Å². The summed E-state index contributed by atoms with van der Waals surface area (Å²) in [5.41, 5.74) is 3.45. The molecule has 0 unspecified atom stereocenters. The molecular weight excluding hydrogens is 279 g/mol. The maximum atomic E-state index is 6.12. The van der Waals surface area contributed by atoms with Crippen LogP contribution >= 0.6 is 23.2 Å². The van der Waals surface area contributed by atoms with E-state index in [0.717, 1.165) is 11.4 Å². The van der Waals surface area contributed by atoms with Crippen LogP contribution < -0.4 is 9.80 Å². The van der Waals surface area contributed by atoms with Gasteiger partial charge in [-0.15, -0.1) is 0 Å². The van der Waals surface area contributed by atoms with E-state index in [1.807, 2.05) is 18.2 Å². The normalized spacial score (nSPS) is 14.9. The van der Waals surface area contributed by atoms with Crippen LogP contribution in [0.5, 0.6) is 0 Å². The number of fused-ring (bicyclic) bond motifs is 1. The number of hydrogen-bond donors (Lipinski definition) is 0. The molecule has 0 saturated heterocycles. The number of hydrogen-bond acceptors (Lipinski definition) is 2. The van der Waals surface area contributed by atoms with E-state index in [1.165, 1.54) is 5.56 Å². The van der Waals surface area contributed by atoms with Gasteiger partial charge in [0.15, 0.2) is 0 Å². The Balaban J connectivity index is 2.09. The lowest BCUT2D eigenvalue weighted by molar-refractivity contribution is 0.694. The molecule has 0 bridgehead atoms. The van der Waals surface area contributed by atoms with Crippen molar-refractivity contribution in [2.24, 2.45) is 0 Å². The third-order valence-electron chi connectivity index (χ3n) is 3.61. The fourth-order valence-corrected chi connectivity index (χ4v) is 3.00. The maximum absolute atomic E-state index is 6.12. The predicted molar refractivity (Wildman–Crippen MR) is 82.5 cm³/mol. The average Bonchev–Trinajstić information content (AvgIpc) is 2.64. The Labute approximate surface area is 123 Å². The van der Waals surface area contributed by atoms with Gasteiger partial charge in [-0.3, -0.25) is 0 Å². The zero-order valence-corrected chi connectivity index (χ0v) is 12.3. The Bertz CT molecular complexity index is 578. The van der Waals surface area contributed by atoms with Gasteiger partial charge in [0, 0.05) is 14.1 Å². The number of anilines is 2. The molecule has 2 aromatic carbocycles. The summed E-state index contributed by atoms with van der Waals surface area (Å²) >= 11 is 12.2. The van der Waals surface area contributed by atoms with Crippen LogP contribution in [0.25, 0.3) is 0 Å². The second-order valence-electron chi connectivity index (χ2n) is 4.76. The van der Waals surface area contributed by atoms with Crippen LogP contribution in [-0.4, -0.2) is 14.1 Å². The van der Waals surface area contributed by atoms with E-state index in [9.17, 15) is 0 Å². The molecule has 0 radical (unpaired) electrons. The topological polar surface area (TPSA) is 6.48 Å². The van der Waals surface area contributed by atoms with Crippen molar-refractivity contribution in [1.82, 2.24) is 0 Å². The highest BCUT2D eigenvalue weighted by Crippen LogP contribution is 2.47. The smallest absolute Gasteiger partial charge is 0.128 e. The van der Waals surface area contributed by atoms with Gasteiger partial charge in [0.25, 0.3) is 0 Å². The fourth-order valence-electron chi connectivity index (χ4n) is 2.69. The van der Waals surface area contributed by atoms with Crippen LogP contribution in [0.15, 0.2) is 42.5 Å². The molecule has 0 spiro atoms. The molecule has 1 aliphatic rings. The first-order chi connectivity index (χ1) is 9.09. The molecule has 2 aromatic rings. The van der Waals surface area contributed by atoms with E-state index in [1.54, 1.807) is 0 Å². The Kier molecular flexibility index (Phi) is 3.08. The minimum atomic E-state index is 0.172. The van der Waals surface area contributed by atoms with Gasteiger partial charge >= 0.3 is 0 Å². The van der Waals surface area contributed by atoms with Crippen LogP contribution in [0.1, 0.15) is 11.7 Å². The molecule has 0 amide bonds. The van der Waals surface area contributed by atoms with Gasteiger partial charge in [-0.25, -0.2) is 0 Å². The summed E-state index contributed by atoms with van der Waals surface area (Å²) < 4.78 is 0. The number of benzene rings is 2. The van der Waals surface area contributed by atoms with E-state index in [4.69, 9.17) is 23.2 Å². The lowest BCUT2D eigenvalue weighted by Gasteiger charge is -2.28. The highest BCUT2D eigenvalue weighted by atomic mass is 35.5. The quantitative estimate of drug-likeness (QED) is 0.759. The summed E-state index contributed by atoms with van der Waals surface area (Å²) in [4.78, 5) is 4.43. The van der Waals surface area contributed by atoms with E-state index in [-0.39, 0.29) is 6.17 Å². The van der Waals surface area contributed by atoms with Gasteiger partial charge in [-0.05, 0) is 17.7 Å². The van der Waals surface area contributed by atoms with Crippen molar-refractivity contribution in [2.45, 2.75) is 6.17 Å². The lowest BCUT2D eigenvalue weighted by atomic mass is 10.1.